The molecule has 0 fully saturated rings. The van der Waals surface area contributed by atoms with Crippen LogP contribution in [0.3, 0.4) is 0 Å². The Labute approximate surface area is 129 Å². The van der Waals surface area contributed by atoms with Crippen molar-refractivity contribution in [3.05, 3.63) is 62.0 Å². The van der Waals surface area contributed by atoms with Crippen molar-refractivity contribution in [2.24, 2.45) is 0 Å². The summed E-state index contributed by atoms with van der Waals surface area (Å²) in [6.07, 6.45) is 0. The van der Waals surface area contributed by atoms with Crippen molar-refractivity contribution >= 4 is 43.5 Å². The number of benzene rings is 2. The number of amides is 1. The molecule has 0 heterocycles. The highest BCUT2D eigenvalue weighted by Gasteiger charge is 2.09. The van der Waals surface area contributed by atoms with E-state index in [4.69, 9.17) is 0 Å². The fraction of sp³-hybridized carbons (Fsp3) is 0.133. The van der Waals surface area contributed by atoms with E-state index in [9.17, 15) is 4.79 Å². The van der Waals surface area contributed by atoms with E-state index in [1.54, 1.807) is 0 Å². The molecule has 2 rings (SSSR count). The molecule has 2 aromatic rings. The molecular weight excluding hydrogens is 370 g/mol. The van der Waals surface area contributed by atoms with Gasteiger partial charge in [0.15, 0.2) is 0 Å². The number of carbonyl (C=O) groups excluding carboxylic acids is 1. The second kappa shape index (κ2) is 5.88. The normalized spacial score (nSPS) is 10.3. The Balaban J connectivity index is 2.25. The molecule has 0 bridgehead atoms. The molecular formula is C15H13Br2NO. The second-order valence-corrected chi connectivity index (χ2v) is 6.26. The summed E-state index contributed by atoms with van der Waals surface area (Å²) in [7, 11) is 0. The molecule has 0 aliphatic carbocycles. The van der Waals surface area contributed by atoms with Crippen molar-refractivity contribution in [1.82, 2.24) is 0 Å². The van der Waals surface area contributed by atoms with Gasteiger partial charge in [-0.1, -0.05) is 31.9 Å². The minimum absolute atomic E-state index is 0.102. The molecule has 1 amide bonds. The first-order valence-electron chi connectivity index (χ1n) is 5.80. The quantitative estimate of drug-likeness (QED) is 0.770. The molecule has 0 saturated heterocycles. The van der Waals surface area contributed by atoms with Crippen LogP contribution in [0.2, 0.25) is 0 Å². The van der Waals surface area contributed by atoms with E-state index in [2.05, 4.69) is 37.2 Å². The lowest BCUT2D eigenvalue weighted by molar-refractivity contribution is 0.102. The first-order chi connectivity index (χ1) is 8.95. The number of aryl methyl sites for hydroxylation is 2. The van der Waals surface area contributed by atoms with Crippen LogP contribution >= 0.6 is 31.9 Å². The molecule has 0 saturated carbocycles. The molecule has 2 aromatic carbocycles. The van der Waals surface area contributed by atoms with Gasteiger partial charge in [-0.15, -0.1) is 0 Å². The zero-order valence-electron chi connectivity index (χ0n) is 10.6. The highest BCUT2D eigenvalue weighted by molar-refractivity contribution is 9.10. The summed E-state index contributed by atoms with van der Waals surface area (Å²) in [5.74, 6) is -0.102. The summed E-state index contributed by atoms with van der Waals surface area (Å²) in [6.45, 7) is 3.93. The maximum absolute atomic E-state index is 12.2. The summed E-state index contributed by atoms with van der Waals surface area (Å²) in [4.78, 5) is 12.2. The van der Waals surface area contributed by atoms with Crippen LogP contribution in [0.4, 0.5) is 5.69 Å². The van der Waals surface area contributed by atoms with Gasteiger partial charge >= 0.3 is 0 Å². The van der Waals surface area contributed by atoms with E-state index in [0.717, 1.165) is 25.8 Å². The number of anilines is 1. The molecule has 0 aromatic heterocycles. The Bertz CT molecular complexity index is 618. The zero-order valence-corrected chi connectivity index (χ0v) is 13.8. The van der Waals surface area contributed by atoms with Crippen molar-refractivity contribution < 1.29 is 4.79 Å². The topological polar surface area (TPSA) is 29.1 Å². The number of nitrogens with one attached hydrogen (secondary N) is 1. The lowest BCUT2D eigenvalue weighted by Gasteiger charge is -2.09. The largest absolute Gasteiger partial charge is 0.322 e. The van der Waals surface area contributed by atoms with E-state index in [-0.39, 0.29) is 5.91 Å². The van der Waals surface area contributed by atoms with Crippen LogP contribution < -0.4 is 5.32 Å². The van der Waals surface area contributed by atoms with E-state index in [0.29, 0.717) is 5.56 Å². The van der Waals surface area contributed by atoms with Crippen molar-refractivity contribution in [3.8, 4) is 0 Å². The van der Waals surface area contributed by atoms with Gasteiger partial charge in [-0.3, -0.25) is 4.79 Å². The third-order valence-electron chi connectivity index (χ3n) is 2.74. The number of rotatable bonds is 2. The summed E-state index contributed by atoms with van der Waals surface area (Å²) in [5, 5.41) is 2.93. The number of halogens is 2. The smallest absolute Gasteiger partial charge is 0.255 e. The molecule has 4 heteroatoms. The fourth-order valence-electron chi connectivity index (χ4n) is 1.83. The Morgan fingerprint density at radius 1 is 1.00 bits per heavy atom. The van der Waals surface area contributed by atoms with E-state index < -0.39 is 0 Å². The summed E-state index contributed by atoms with van der Waals surface area (Å²) < 4.78 is 1.91. The Morgan fingerprint density at radius 2 is 1.74 bits per heavy atom. The number of carbonyl (C=O) groups is 1. The van der Waals surface area contributed by atoms with Gasteiger partial charge in [-0.05, 0) is 61.4 Å². The summed E-state index contributed by atoms with van der Waals surface area (Å²) in [6, 6.07) is 11.4. The minimum Gasteiger partial charge on any atom is -0.322 e. The third kappa shape index (κ3) is 3.67. The monoisotopic (exact) mass is 381 g/mol. The van der Waals surface area contributed by atoms with Gasteiger partial charge in [-0.25, -0.2) is 0 Å². The average molecular weight is 383 g/mol. The van der Waals surface area contributed by atoms with Gasteiger partial charge in [0.2, 0.25) is 0 Å². The first kappa shape index (κ1) is 14.3. The molecule has 0 radical (unpaired) electrons. The van der Waals surface area contributed by atoms with Crippen molar-refractivity contribution in [2.75, 3.05) is 5.32 Å². The SMILES string of the molecule is Cc1cc(Br)cc(C(=O)Nc2ccc(Br)cc2C)c1. The maximum atomic E-state index is 12.2. The van der Waals surface area contributed by atoms with E-state index in [1.165, 1.54) is 0 Å². The zero-order chi connectivity index (χ0) is 14.0. The summed E-state index contributed by atoms with van der Waals surface area (Å²) >= 11 is 6.81. The van der Waals surface area contributed by atoms with Gasteiger partial charge in [0.05, 0.1) is 0 Å². The molecule has 2 nitrogen and oxygen atoms in total. The molecule has 0 spiro atoms. The number of hydrogen-bond acceptors (Lipinski definition) is 1. The predicted molar refractivity (Wildman–Crippen MR) is 85.7 cm³/mol. The van der Waals surface area contributed by atoms with Crippen LogP contribution in [-0.4, -0.2) is 5.91 Å². The minimum atomic E-state index is -0.102. The Morgan fingerprint density at radius 3 is 2.37 bits per heavy atom. The Kier molecular flexibility index (Phi) is 4.42. The lowest BCUT2D eigenvalue weighted by atomic mass is 10.1. The van der Waals surface area contributed by atoms with Crippen molar-refractivity contribution in [2.45, 2.75) is 13.8 Å². The van der Waals surface area contributed by atoms with Gasteiger partial charge in [0, 0.05) is 20.2 Å². The van der Waals surface area contributed by atoms with Crippen LogP contribution in [0.25, 0.3) is 0 Å². The van der Waals surface area contributed by atoms with Crippen molar-refractivity contribution in [1.29, 1.82) is 0 Å². The highest BCUT2D eigenvalue weighted by Crippen LogP contribution is 2.21. The van der Waals surface area contributed by atoms with Gasteiger partial charge in [0.25, 0.3) is 5.91 Å². The Hall–Kier alpha value is -1.13. The molecule has 0 atom stereocenters. The fourth-order valence-corrected chi connectivity index (χ4v) is 2.91. The van der Waals surface area contributed by atoms with Crippen LogP contribution in [0.15, 0.2) is 45.3 Å². The van der Waals surface area contributed by atoms with Gasteiger partial charge in [0.1, 0.15) is 0 Å². The van der Waals surface area contributed by atoms with Crippen LogP contribution in [-0.2, 0) is 0 Å². The lowest BCUT2D eigenvalue weighted by Crippen LogP contribution is -2.13. The predicted octanol–water partition coefficient (Wildman–Crippen LogP) is 5.08. The molecule has 0 aliphatic heterocycles. The molecule has 0 unspecified atom stereocenters. The van der Waals surface area contributed by atoms with E-state index in [1.807, 2.05) is 50.2 Å². The van der Waals surface area contributed by atoms with Crippen LogP contribution in [0.1, 0.15) is 21.5 Å². The molecule has 1 N–H and O–H groups in total. The highest BCUT2D eigenvalue weighted by atomic mass is 79.9. The molecule has 0 aliphatic rings. The van der Waals surface area contributed by atoms with E-state index >= 15 is 0 Å². The third-order valence-corrected chi connectivity index (χ3v) is 3.69. The second-order valence-electron chi connectivity index (χ2n) is 4.43. The van der Waals surface area contributed by atoms with Crippen molar-refractivity contribution in [3.63, 3.8) is 0 Å². The molecule has 19 heavy (non-hydrogen) atoms. The maximum Gasteiger partial charge on any atom is 0.255 e. The van der Waals surface area contributed by atoms with Crippen LogP contribution in [0.5, 0.6) is 0 Å². The number of hydrogen-bond donors (Lipinski definition) is 1. The standard InChI is InChI=1S/C15H13Br2NO/c1-9-5-11(8-13(17)6-9)15(19)18-14-4-3-12(16)7-10(14)2/h3-8H,1-2H3,(H,18,19). The first-order valence-corrected chi connectivity index (χ1v) is 7.39. The summed E-state index contributed by atoms with van der Waals surface area (Å²) in [5.41, 5.74) is 3.54. The van der Waals surface area contributed by atoms with Gasteiger partial charge in [-0.2, -0.15) is 0 Å². The van der Waals surface area contributed by atoms with Gasteiger partial charge < -0.3 is 5.32 Å². The van der Waals surface area contributed by atoms with Crippen LogP contribution in [0, 0.1) is 13.8 Å². The average Bonchev–Trinajstić information content (AvgIpc) is 2.31. The molecule has 98 valence electrons.